The van der Waals surface area contributed by atoms with E-state index < -0.39 is 30.1 Å². The standard InChI is InChI=1S/C22H36N4O5/c1-25(13-27)18(15-6-3-2-4-7-15)22(31)26-11-5-8-17(26)21(30)24-16(12-14-9-10-14)19(28)20(23)29/h13-19,28H,2-12H2,1H3,(H2,23,29)(H,24,30)/t16?,17-,18-,19?/m0/s1. The molecular weight excluding hydrogens is 400 g/mol. The van der Waals surface area contributed by atoms with Gasteiger partial charge in [-0.15, -0.1) is 0 Å². The molecule has 4 atom stereocenters. The van der Waals surface area contributed by atoms with Crippen LogP contribution >= 0.6 is 0 Å². The van der Waals surface area contributed by atoms with Gasteiger partial charge in [-0.25, -0.2) is 0 Å². The molecule has 3 aliphatic rings. The highest BCUT2D eigenvalue weighted by Gasteiger charge is 2.42. The summed E-state index contributed by atoms with van der Waals surface area (Å²) >= 11 is 0. The summed E-state index contributed by atoms with van der Waals surface area (Å²) in [6.45, 7) is 0.457. The van der Waals surface area contributed by atoms with E-state index in [9.17, 15) is 24.3 Å². The molecule has 9 heteroatoms. The summed E-state index contributed by atoms with van der Waals surface area (Å²) < 4.78 is 0. The molecular formula is C22H36N4O5. The second-order valence-electron chi connectivity index (χ2n) is 9.44. The maximum absolute atomic E-state index is 13.5. The lowest BCUT2D eigenvalue weighted by molar-refractivity contribution is -0.147. The van der Waals surface area contributed by atoms with E-state index in [1.165, 1.54) is 4.90 Å². The van der Waals surface area contributed by atoms with E-state index in [2.05, 4.69) is 5.32 Å². The zero-order chi connectivity index (χ0) is 22.5. The van der Waals surface area contributed by atoms with E-state index >= 15 is 0 Å². The van der Waals surface area contributed by atoms with Gasteiger partial charge in [0.1, 0.15) is 12.1 Å². The van der Waals surface area contributed by atoms with Crippen LogP contribution in [0.5, 0.6) is 0 Å². The van der Waals surface area contributed by atoms with Gasteiger partial charge in [0.15, 0.2) is 6.10 Å². The lowest BCUT2D eigenvalue weighted by Gasteiger charge is -2.37. The molecule has 0 spiro atoms. The van der Waals surface area contributed by atoms with Gasteiger partial charge in [-0.2, -0.15) is 0 Å². The van der Waals surface area contributed by atoms with Crippen molar-refractivity contribution in [2.24, 2.45) is 17.6 Å². The highest BCUT2D eigenvalue weighted by molar-refractivity contribution is 5.92. The minimum atomic E-state index is -1.45. The predicted molar refractivity (Wildman–Crippen MR) is 113 cm³/mol. The Hall–Kier alpha value is -2.16. The second-order valence-corrected chi connectivity index (χ2v) is 9.44. The normalized spacial score (nSPS) is 24.8. The van der Waals surface area contributed by atoms with E-state index in [1.54, 1.807) is 11.9 Å². The first-order valence-corrected chi connectivity index (χ1v) is 11.6. The van der Waals surface area contributed by atoms with Gasteiger partial charge in [0, 0.05) is 13.6 Å². The Labute approximate surface area is 183 Å². The van der Waals surface area contributed by atoms with Crippen LogP contribution in [0.15, 0.2) is 0 Å². The monoisotopic (exact) mass is 436 g/mol. The van der Waals surface area contributed by atoms with Crippen molar-refractivity contribution < 1.29 is 24.3 Å². The summed E-state index contributed by atoms with van der Waals surface area (Å²) in [4.78, 5) is 52.6. The molecule has 0 aromatic rings. The first-order chi connectivity index (χ1) is 14.8. The molecule has 3 rings (SSSR count). The molecule has 3 fully saturated rings. The number of likely N-dealkylation sites (tertiary alicyclic amines) is 1. The number of carbonyl (C=O) groups is 4. The molecule has 0 bridgehead atoms. The number of hydrogen-bond acceptors (Lipinski definition) is 5. The largest absolute Gasteiger partial charge is 0.381 e. The van der Waals surface area contributed by atoms with Gasteiger partial charge in [-0.1, -0.05) is 32.1 Å². The SMILES string of the molecule is CN(C=O)[C@H](C(=O)N1CCC[C@H]1C(=O)NC(CC1CC1)C(O)C(N)=O)C1CCCCC1. The summed E-state index contributed by atoms with van der Waals surface area (Å²) in [6, 6.07) is -1.98. The fourth-order valence-corrected chi connectivity index (χ4v) is 5.15. The number of amides is 4. The Bertz CT molecular complexity index is 677. The number of carbonyl (C=O) groups excluding carboxylic acids is 4. The molecule has 4 N–H and O–H groups in total. The zero-order valence-electron chi connectivity index (χ0n) is 18.4. The maximum Gasteiger partial charge on any atom is 0.248 e. The molecule has 0 aromatic carbocycles. The van der Waals surface area contributed by atoms with E-state index in [-0.39, 0.29) is 17.7 Å². The first kappa shape index (κ1) is 23.5. The summed E-state index contributed by atoms with van der Waals surface area (Å²) in [5.74, 6) is -0.950. The highest BCUT2D eigenvalue weighted by atomic mass is 16.3. The fourth-order valence-electron chi connectivity index (χ4n) is 5.15. The van der Waals surface area contributed by atoms with Crippen LogP contribution in [0.25, 0.3) is 0 Å². The number of likely N-dealkylation sites (N-methyl/N-ethyl adjacent to an activating group) is 1. The molecule has 0 aromatic heterocycles. The van der Waals surface area contributed by atoms with Gasteiger partial charge >= 0.3 is 0 Å². The van der Waals surface area contributed by atoms with E-state index in [0.29, 0.717) is 38.1 Å². The third-order valence-corrected chi connectivity index (χ3v) is 7.08. The number of aliphatic hydroxyl groups excluding tert-OH is 1. The number of nitrogens with two attached hydrogens (primary N) is 1. The number of nitrogens with zero attached hydrogens (tertiary/aromatic N) is 2. The lowest BCUT2D eigenvalue weighted by atomic mass is 9.82. The third-order valence-electron chi connectivity index (χ3n) is 7.08. The second kappa shape index (κ2) is 10.4. The van der Waals surface area contributed by atoms with E-state index in [1.807, 2.05) is 0 Å². The fraction of sp³-hybridized carbons (Fsp3) is 0.818. The summed E-state index contributed by atoms with van der Waals surface area (Å²) in [7, 11) is 1.63. The summed E-state index contributed by atoms with van der Waals surface area (Å²) in [5, 5.41) is 13.0. The maximum atomic E-state index is 13.5. The van der Waals surface area contributed by atoms with E-state index in [4.69, 9.17) is 5.73 Å². The van der Waals surface area contributed by atoms with Crippen molar-refractivity contribution >= 4 is 24.1 Å². The highest BCUT2D eigenvalue weighted by Crippen LogP contribution is 2.34. The van der Waals surface area contributed by atoms with Crippen molar-refractivity contribution in [3.05, 3.63) is 0 Å². The van der Waals surface area contributed by atoms with Crippen LogP contribution in [-0.2, 0) is 19.2 Å². The van der Waals surface area contributed by atoms with Crippen LogP contribution in [0, 0.1) is 11.8 Å². The van der Waals surface area contributed by atoms with Crippen LogP contribution in [0.1, 0.15) is 64.2 Å². The van der Waals surface area contributed by atoms with Gasteiger partial charge in [0.25, 0.3) is 0 Å². The van der Waals surface area contributed by atoms with Gasteiger partial charge in [0.2, 0.25) is 24.1 Å². The van der Waals surface area contributed by atoms with Crippen LogP contribution in [0.2, 0.25) is 0 Å². The Morgan fingerprint density at radius 3 is 2.39 bits per heavy atom. The number of nitrogens with one attached hydrogen (secondary N) is 1. The predicted octanol–water partition coefficient (Wildman–Crippen LogP) is 0.146. The first-order valence-electron chi connectivity index (χ1n) is 11.6. The van der Waals surface area contributed by atoms with Gasteiger partial charge in [-0.05, 0) is 43.9 Å². The Morgan fingerprint density at radius 2 is 1.81 bits per heavy atom. The van der Waals surface area contributed by atoms with Crippen molar-refractivity contribution in [3.63, 3.8) is 0 Å². The molecule has 1 saturated heterocycles. The molecule has 1 heterocycles. The molecule has 2 aliphatic carbocycles. The van der Waals surface area contributed by atoms with Gasteiger partial charge in [0.05, 0.1) is 6.04 Å². The number of aliphatic hydroxyl groups is 1. The molecule has 4 amide bonds. The molecule has 0 radical (unpaired) electrons. The molecule has 2 unspecified atom stereocenters. The van der Waals surface area contributed by atoms with Crippen LogP contribution in [-0.4, -0.2) is 76.9 Å². The van der Waals surface area contributed by atoms with Crippen molar-refractivity contribution in [1.29, 1.82) is 0 Å². The number of primary amides is 1. The number of hydrogen-bond donors (Lipinski definition) is 3. The average Bonchev–Trinajstić information content (AvgIpc) is 3.44. The van der Waals surface area contributed by atoms with Crippen molar-refractivity contribution in [1.82, 2.24) is 15.1 Å². The molecule has 2 saturated carbocycles. The molecule has 31 heavy (non-hydrogen) atoms. The van der Waals surface area contributed by atoms with Crippen LogP contribution in [0.3, 0.4) is 0 Å². The van der Waals surface area contributed by atoms with Gasteiger partial charge < -0.3 is 26.0 Å². The quantitative estimate of drug-likeness (QED) is 0.419. The van der Waals surface area contributed by atoms with Crippen LogP contribution in [0.4, 0.5) is 0 Å². The van der Waals surface area contributed by atoms with Gasteiger partial charge in [-0.3, -0.25) is 19.2 Å². The third kappa shape index (κ3) is 5.75. The summed E-state index contributed by atoms with van der Waals surface area (Å²) in [6.07, 6.45) is 7.97. The van der Waals surface area contributed by atoms with E-state index in [0.717, 1.165) is 44.9 Å². The minimum Gasteiger partial charge on any atom is -0.381 e. The Morgan fingerprint density at radius 1 is 1.13 bits per heavy atom. The zero-order valence-corrected chi connectivity index (χ0v) is 18.4. The van der Waals surface area contributed by atoms with Crippen LogP contribution < -0.4 is 11.1 Å². The number of rotatable bonds is 10. The molecule has 1 aliphatic heterocycles. The summed E-state index contributed by atoms with van der Waals surface area (Å²) in [5.41, 5.74) is 5.27. The smallest absolute Gasteiger partial charge is 0.248 e. The lowest BCUT2D eigenvalue weighted by Crippen LogP contribution is -2.57. The minimum absolute atomic E-state index is 0.0973. The van der Waals surface area contributed by atoms with Crippen molar-refractivity contribution in [2.75, 3.05) is 13.6 Å². The van der Waals surface area contributed by atoms with Crippen molar-refractivity contribution in [2.45, 2.75) is 88.4 Å². The molecule has 174 valence electrons. The van der Waals surface area contributed by atoms with Crippen molar-refractivity contribution in [3.8, 4) is 0 Å². The Balaban J connectivity index is 1.71. The topological polar surface area (TPSA) is 133 Å². The molecule has 9 nitrogen and oxygen atoms in total. The Kier molecular flexibility index (Phi) is 7.91. The average molecular weight is 437 g/mol.